The van der Waals surface area contributed by atoms with Gasteiger partial charge in [0, 0.05) is 18.9 Å². The molecule has 2 rings (SSSR count). The number of unbranched alkanes of at least 4 members (excludes halogenated alkanes) is 1. The summed E-state index contributed by atoms with van der Waals surface area (Å²) in [6.45, 7) is 3.42. The first kappa shape index (κ1) is 19.8. The van der Waals surface area contributed by atoms with Crippen molar-refractivity contribution in [3.8, 4) is 0 Å². The highest BCUT2D eigenvalue weighted by atomic mass is 32.2. The second kappa shape index (κ2) is 9.28. The number of rotatable bonds is 10. The highest BCUT2D eigenvalue weighted by Gasteiger charge is 2.32. The van der Waals surface area contributed by atoms with Crippen LogP contribution in [0.4, 0.5) is 0 Å². The van der Waals surface area contributed by atoms with Crippen molar-refractivity contribution in [1.29, 1.82) is 0 Å². The lowest BCUT2D eigenvalue weighted by molar-refractivity contribution is -0.140. The number of carbonyl (C=O) groups excluding carboxylic acids is 1. The molecule has 1 aromatic rings. The maximum atomic E-state index is 11.8. The quantitative estimate of drug-likeness (QED) is 0.566. The molecule has 0 spiro atoms. The molecule has 8 nitrogen and oxygen atoms in total. The normalized spacial score (nSPS) is 19.4. The van der Waals surface area contributed by atoms with Crippen LogP contribution in [0.5, 0.6) is 0 Å². The molecule has 1 aliphatic heterocycles. The Balaban J connectivity index is 1.91. The predicted molar refractivity (Wildman–Crippen MR) is 91.6 cm³/mol. The fraction of sp³-hybridized carbons (Fsp3) is 0.812. The molecule has 1 fully saturated rings. The molecule has 0 amide bonds. The minimum Gasteiger partial charge on any atom is -0.469 e. The number of esters is 1. The van der Waals surface area contributed by atoms with Gasteiger partial charge in [-0.25, -0.2) is 8.42 Å². The van der Waals surface area contributed by atoms with E-state index in [-0.39, 0.29) is 23.5 Å². The lowest BCUT2D eigenvalue weighted by Gasteiger charge is -2.26. The van der Waals surface area contributed by atoms with E-state index in [9.17, 15) is 13.2 Å². The number of aryl methyl sites for hydroxylation is 1. The maximum Gasteiger partial charge on any atom is 0.305 e. The summed E-state index contributed by atoms with van der Waals surface area (Å²) in [6, 6.07) is 0.0258. The minimum atomic E-state index is -2.93. The molecule has 9 heteroatoms. The molecular weight excluding hydrogens is 346 g/mol. The van der Waals surface area contributed by atoms with Gasteiger partial charge in [0.2, 0.25) is 5.89 Å². The van der Waals surface area contributed by atoms with Crippen molar-refractivity contribution in [2.75, 3.05) is 25.2 Å². The van der Waals surface area contributed by atoms with E-state index in [0.717, 1.165) is 19.4 Å². The Kier molecular flexibility index (Phi) is 7.37. The smallest absolute Gasteiger partial charge is 0.305 e. The van der Waals surface area contributed by atoms with Crippen LogP contribution in [-0.2, 0) is 32.3 Å². The summed E-state index contributed by atoms with van der Waals surface area (Å²) in [7, 11) is -1.56. The van der Waals surface area contributed by atoms with Gasteiger partial charge >= 0.3 is 5.97 Å². The molecule has 0 aliphatic carbocycles. The summed E-state index contributed by atoms with van der Waals surface area (Å²) in [5, 5.41) is 4.00. The second-order valence-corrected chi connectivity index (χ2v) is 8.64. The average molecular weight is 373 g/mol. The van der Waals surface area contributed by atoms with Crippen molar-refractivity contribution >= 4 is 15.8 Å². The van der Waals surface area contributed by atoms with Crippen molar-refractivity contribution in [3.05, 3.63) is 11.7 Å². The summed E-state index contributed by atoms with van der Waals surface area (Å²) in [5.41, 5.74) is 0. The molecule has 1 saturated heterocycles. The summed E-state index contributed by atoms with van der Waals surface area (Å²) in [6.07, 6.45) is 4.14. The van der Waals surface area contributed by atoms with Crippen LogP contribution in [0, 0.1) is 0 Å². The average Bonchev–Trinajstić information content (AvgIpc) is 3.17. The van der Waals surface area contributed by atoms with Crippen molar-refractivity contribution < 1.29 is 22.5 Å². The number of methoxy groups -OCH3 is 1. The van der Waals surface area contributed by atoms with Crippen LogP contribution in [0.1, 0.15) is 50.7 Å². The zero-order chi connectivity index (χ0) is 18.3. The Morgan fingerprint density at radius 3 is 2.84 bits per heavy atom. The fourth-order valence-electron chi connectivity index (χ4n) is 2.94. The highest BCUT2D eigenvalue weighted by molar-refractivity contribution is 7.91. The maximum absolute atomic E-state index is 11.8. The van der Waals surface area contributed by atoms with Crippen molar-refractivity contribution in [2.24, 2.45) is 0 Å². The SMILES string of the molecule is CCCCN(Cc1noc(CCCC(=O)OC)n1)[C@@H]1CCS(=O)(=O)C1. The second-order valence-electron chi connectivity index (χ2n) is 6.41. The first-order valence-electron chi connectivity index (χ1n) is 8.76. The van der Waals surface area contributed by atoms with Crippen LogP contribution in [0.15, 0.2) is 4.52 Å². The van der Waals surface area contributed by atoms with E-state index in [1.54, 1.807) is 0 Å². The molecule has 0 N–H and O–H groups in total. The number of hydrogen-bond donors (Lipinski definition) is 0. The molecule has 1 aliphatic rings. The van der Waals surface area contributed by atoms with Gasteiger partial charge in [0.25, 0.3) is 0 Å². The van der Waals surface area contributed by atoms with E-state index < -0.39 is 9.84 Å². The van der Waals surface area contributed by atoms with Gasteiger partial charge in [0.1, 0.15) is 0 Å². The fourth-order valence-corrected chi connectivity index (χ4v) is 4.70. The lowest BCUT2D eigenvalue weighted by Crippen LogP contribution is -2.36. The predicted octanol–water partition coefficient (Wildman–Crippen LogP) is 1.35. The van der Waals surface area contributed by atoms with E-state index in [4.69, 9.17) is 4.52 Å². The standard InChI is InChI=1S/C16H27N3O5S/c1-3-4-9-19(13-8-10-25(21,22)12-13)11-14-17-15(24-18-14)6-5-7-16(20)23-2/h13H,3-12H2,1-2H3/t13-/m1/s1. The molecule has 25 heavy (non-hydrogen) atoms. The van der Waals surface area contributed by atoms with E-state index in [2.05, 4.69) is 26.7 Å². The van der Waals surface area contributed by atoms with Gasteiger partial charge in [0.05, 0.1) is 25.2 Å². The molecule has 2 heterocycles. The number of hydrogen-bond acceptors (Lipinski definition) is 8. The van der Waals surface area contributed by atoms with Gasteiger partial charge in [-0.05, 0) is 25.8 Å². The highest BCUT2D eigenvalue weighted by Crippen LogP contribution is 2.20. The van der Waals surface area contributed by atoms with E-state index >= 15 is 0 Å². The van der Waals surface area contributed by atoms with Gasteiger partial charge in [-0.3, -0.25) is 9.69 Å². The van der Waals surface area contributed by atoms with Gasteiger partial charge in [0.15, 0.2) is 15.7 Å². The molecule has 0 saturated carbocycles. The zero-order valence-electron chi connectivity index (χ0n) is 14.9. The summed E-state index contributed by atoms with van der Waals surface area (Å²) in [5.74, 6) is 1.26. The Morgan fingerprint density at radius 1 is 1.40 bits per heavy atom. The minimum absolute atomic E-state index is 0.0258. The lowest BCUT2D eigenvalue weighted by atomic mass is 10.2. The topological polar surface area (TPSA) is 103 Å². The van der Waals surface area contributed by atoms with E-state index in [1.165, 1.54) is 7.11 Å². The summed E-state index contributed by atoms with van der Waals surface area (Å²) < 4.78 is 33.3. The molecule has 1 aromatic heterocycles. The third kappa shape index (κ3) is 6.39. The number of sulfone groups is 1. The molecular formula is C16H27N3O5S. The van der Waals surface area contributed by atoms with Gasteiger partial charge in [-0.2, -0.15) is 4.98 Å². The van der Waals surface area contributed by atoms with Crippen LogP contribution in [-0.4, -0.2) is 60.6 Å². The molecule has 0 unspecified atom stereocenters. The summed E-state index contributed by atoms with van der Waals surface area (Å²) >= 11 is 0. The van der Waals surface area contributed by atoms with Gasteiger partial charge < -0.3 is 9.26 Å². The Morgan fingerprint density at radius 2 is 2.20 bits per heavy atom. The first-order chi connectivity index (χ1) is 11.9. The Hall–Kier alpha value is -1.48. The third-order valence-electron chi connectivity index (χ3n) is 4.38. The monoisotopic (exact) mass is 373 g/mol. The van der Waals surface area contributed by atoms with Crippen LogP contribution in [0.3, 0.4) is 0 Å². The summed E-state index contributed by atoms with van der Waals surface area (Å²) in [4.78, 5) is 17.6. The van der Waals surface area contributed by atoms with Crippen LogP contribution in [0.25, 0.3) is 0 Å². The zero-order valence-corrected chi connectivity index (χ0v) is 15.8. The molecule has 1 atom stereocenters. The van der Waals surface area contributed by atoms with E-state index in [1.807, 2.05) is 0 Å². The number of carbonyl (C=O) groups is 1. The number of ether oxygens (including phenoxy) is 1. The van der Waals surface area contributed by atoms with Crippen molar-refractivity contribution in [1.82, 2.24) is 15.0 Å². The number of nitrogens with zero attached hydrogens (tertiary/aromatic N) is 3. The van der Waals surface area contributed by atoms with Crippen LogP contribution < -0.4 is 0 Å². The van der Waals surface area contributed by atoms with Crippen LogP contribution in [0.2, 0.25) is 0 Å². The first-order valence-corrected chi connectivity index (χ1v) is 10.6. The molecule has 0 radical (unpaired) electrons. The molecule has 0 aromatic carbocycles. The molecule has 142 valence electrons. The van der Waals surface area contributed by atoms with Crippen molar-refractivity contribution in [2.45, 2.75) is 58.0 Å². The molecule has 0 bridgehead atoms. The van der Waals surface area contributed by atoms with Gasteiger partial charge in [-0.15, -0.1) is 0 Å². The van der Waals surface area contributed by atoms with Crippen LogP contribution >= 0.6 is 0 Å². The largest absolute Gasteiger partial charge is 0.469 e. The Bertz CT molecular complexity index is 658. The van der Waals surface area contributed by atoms with E-state index in [0.29, 0.717) is 43.9 Å². The third-order valence-corrected chi connectivity index (χ3v) is 6.13. The van der Waals surface area contributed by atoms with Gasteiger partial charge in [-0.1, -0.05) is 18.5 Å². The van der Waals surface area contributed by atoms with Crippen molar-refractivity contribution in [3.63, 3.8) is 0 Å². The Labute approximate surface area is 148 Å². The number of aromatic nitrogens is 2.